The minimum atomic E-state index is -1.06. The van der Waals surface area contributed by atoms with Crippen LogP contribution in [0.4, 0.5) is 26.3 Å². The summed E-state index contributed by atoms with van der Waals surface area (Å²) in [6.45, 7) is 14.7. The second-order valence-electron chi connectivity index (χ2n) is 27.6. The number of ether oxygens (including phenoxy) is 2. The number of amides is 2. The first-order valence-electron chi connectivity index (χ1n) is 37.4. The lowest BCUT2D eigenvalue weighted by atomic mass is 9.90. The van der Waals surface area contributed by atoms with Gasteiger partial charge in [-0.05, 0) is 190 Å². The fourth-order valence-electron chi connectivity index (χ4n) is 13.9. The number of carbonyl (C=O) groups excluding carboxylic acids is 2. The van der Waals surface area contributed by atoms with E-state index >= 15 is 0 Å². The van der Waals surface area contributed by atoms with E-state index in [0.29, 0.717) is 110 Å². The zero-order valence-corrected chi connectivity index (χ0v) is 63.5. The number of aliphatic hydroxyl groups excluding tert-OH is 3. The summed E-state index contributed by atoms with van der Waals surface area (Å²) in [5.41, 5.74) is 7.76. The van der Waals surface area contributed by atoms with Gasteiger partial charge in [0.25, 0.3) is 11.8 Å². The van der Waals surface area contributed by atoms with Crippen LogP contribution in [0.5, 0.6) is 5.75 Å². The quantitative estimate of drug-likeness (QED) is 0.0247. The Kier molecular flexibility index (Phi) is 33.1. The van der Waals surface area contributed by atoms with Crippen LogP contribution in [0.25, 0.3) is 0 Å². The molecule has 0 bridgehead atoms. The van der Waals surface area contributed by atoms with Gasteiger partial charge in [-0.25, -0.2) is 26.3 Å². The Morgan fingerprint density at radius 2 is 0.936 bits per heavy atom. The van der Waals surface area contributed by atoms with Crippen molar-refractivity contribution < 1.29 is 60.7 Å². The number of hydrogen-bond donors (Lipinski definition) is 5. The van der Waals surface area contributed by atoms with Gasteiger partial charge in [0.1, 0.15) is 52.9 Å². The second-order valence-corrected chi connectivity index (χ2v) is 28.0. The molecule has 5 N–H and O–H groups in total. The minimum Gasteiger partial charge on any atom is -0.494 e. The molecule has 580 valence electrons. The van der Waals surface area contributed by atoms with E-state index < -0.39 is 77.2 Å². The molecule has 3 heterocycles. The molecule has 1 fully saturated rings. The third-order valence-corrected chi connectivity index (χ3v) is 19.1. The molecule has 0 spiro atoms. The summed E-state index contributed by atoms with van der Waals surface area (Å²) in [5.74, 6) is -4.06. The summed E-state index contributed by atoms with van der Waals surface area (Å²) in [4.78, 5) is 41.5. The van der Waals surface area contributed by atoms with Crippen molar-refractivity contribution in [3.8, 4) is 5.75 Å². The maximum absolute atomic E-state index is 14.1. The van der Waals surface area contributed by atoms with E-state index in [1.807, 2.05) is 156 Å². The molecular formula is C89H98ClF6N7O7. The summed E-state index contributed by atoms with van der Waals surface area (Å²) >= 11 is 6.17. The molecule has 21 heteroatoms. The molecule has 1 saturated heterocycles. The lowest BCUT2D eigenvalue weighted by molar-refractivity contribution is -0.00286. The average Bonchev–Trinajstić information content (AvgIpc) is 0.826. The van der Waals surface area contributed by atoms with Crippen molar-refractivity contribution in [3.05, 3.63) is 338 Å². The molecule has 2 aromatic heterocycles. The fourth-order valence-corrected chi connectivity index (χ4v) is 14.1. The molecular weight excluding hydrogens is 1430 g/mol. The van der Waals surface area contributed by atoms with Gasteiger partial charge in [0, 0.05) is 117 Å². The topological polar surface area (TPSA) is 173 Å². The van der Waals surface area contributed by atoms with Crippen molar-refractivity contribution >= 4 is 23.4 Å². The second kappa shape index (κ2) is 43.1. The molecule has 2 unspecified atom stereocenters. The van der Waals surface area contributed by atoms with E-state index in [4.69, 9.17) is 21.1 Å². The van der Waals surface area contributed by atoms with Crippen LogP contribution in [-0.4, -0.2) is 121 Å². The summed E-state index contributed by atoms with van der Waals surface area (Å²) < 4.78 is 95.5. The van der Waals surface area contributed by atoms with Crippen molar-refractivity contribution in [2.24, 2.45) is 0 Å². The van der Waals surface area contributed by atoms with E-state index in [2.05, 4.69) is 30.4 Å². The number of piperidine rings is 1. The first kappa shape index (κ1) is 84.4. The highest BCUT2D eigenvalue weighted by molar-refractivity contribution is 6.30. The number of aromatic nitrogens is 2. The van der Waals surface area contributed by atoms with Crippen LogP contribution in [0.1, 0.15) is 142 Å². The molecule has 10 aromatic rings. The normalized spacial score (nSPS) is 15.1. The van der Waals surface area contributed by atoms with Crippen molar-refractivity contribution in [2.75, 3.05) is 32.8 Å². The molecule has 1 aliphatic heterocycles. The molecule has 8 atom stereocenters. The van der Waals surface area contributed by atoms with Gasteiger partial charge in [0.15, 0.2) is 0 Å². The third kappa shape index (κ3) is 26.3. The highest BCUT2D eigenvalue weighted by Crippen LogP contribution is 2.32. The summed E-state index contributed by atoms with van der Waals surface area (Å²) in [5, 5.41) is 41.2. The zero-order valence-electron chi connectivity index (χ0n) is 62.7. The number of aliphatic hydroxyl groups is 3. The Morgan fingerprint density at radius 3 is 1.35 bits per heavy atom. The Labute approximate surface area is 646 Å². The standard InChI is InChI=1S/C31H43F2N3O4.C30H30F2N2O2.C28H25ClF2N2O/c1-5-10-36(11-6-2)31(39)23-13-20(4)12-22(17-23)30(38)35-28(16-21-14-24(32)18-25(33)15-21)29(37)27-19-26(40-7-3)8-9-34-27;1-2-36-27-13-14-33-28(19-27)30(35)29(17-24-15-25(31)18-26(32)16-24)34(20-22-9-5-3-6-10-22)21-23-11-7-4-8-12-23;29-23-11-12-32-26(16-23)28(34)27(15-22-13-24(30)17-25(31)14-22)33(18-20-7-3-1-4-8-20)19-21-9-5-2-6-10-21/h12-15,17-18,26-29,34,37H,5-11,16,19H2,1-4H3,(H,35,38);3-16,18-19,29-30,35H,2,17,20-21H2,1H3;1-14,16-17,27-28,34H,15,18-19H2/t26-,27?,28?,29+;29-,30+;27-,28+/m000/s1. The zero-order chi connectivity index (χ0) is 78.5. The van der Waals surface area contributed by atoms with Gasteiger partial charge in [-0.2, -0.15) is 0 Å². The largest absolute Gasteiger partial charge is 0.494 e. The van der Waals surface area contributed by atoms with Crippen molar-refractivity contribution in [1.82, 2.24) is 35.3 Å². The van der Waals surface area contributed by atoms with Gasteiger partial charge < -0.3 is 40.3 Å². The fraction of sp³-hybridized carbons (Fsp3) is 0.326. The summed E-state index contributed by atoms with van der Waals surface area (Å²) in [6.07, 6.45) is 3.39. The Balaban J connectivity index is 0.000000190. The van der Waals surface area contributed by atoms with Crippen molar-refractivity contribution in [2.45, 2.75) is 154 Å². The lowest BCUT2D eigenvalue weighted by Crippen LogP contribution is -2.57. The molecule has 11 rings (SSSR count). The molecule has 1 aliphatic rings. The van der Waals surface area contributed by atoms with Crippen LogP contribution in [0.15, 0.2) is 231 Å². The van der Waals surface area contributed by atoms with Crippen LogP contribution >= 0.6 is 11.6 Å². The third-order valence-electron chi connectivity index (χ3n) is 18.9. The lowest BCUT2D eigenvalue weighted by Gasteiger charge is -2.36. The molecule has 2 amide bonds. The van der Waals surface area contributed by atoms with E-state index in [-0.39, 0.29) is 42.9 Å². The molecule has 110 heavy (non-hydrogen) atoms. The molecule has 14 nitrogen and oxygen atoms in total. The highest BCUT2D eigenvalue weighted by atomic mass is 35.5. The van der Waals surface area contributed by atoms with Crippen LogP contribution in [0.2, 0.25) is 5.02 Å². The van der Waals surface area contributed by atoms with Gasteiger partial charge in [0.05, 0.1) is 36.2 Å². The predicted octanol–water partition coefficient (Wildman–Crippen LogP) is 16.9. The predicted molar refractivity (Wildman–Crippen MR) is 418 cm³/mol. The minimum absolute atomic E-state index is 0.0114. The number of nitrogens with zero attached hydrogens (tertiary/aromatic N) is 5. The number of aryl methyl sites for hydroxylation is 1. The smallest absolute Gasteiger partial charge is 0.253 e. The maximum atomic E-state index is 14.1. The van der Waals surface area contributed by atoms with Gasteiger partial charge in [-0.3, -0.25) is 29.4 Å². The average molecular weight is 1530 g/mol. The van der Waals surface area contributed by atoms with E-state index in [9.17, 15) is 51.3 Å². The van der Waals surface area contributed by atoms with Gasteiger partial charge >= 0.3 is 0 Å². The van der Waals surface area contributed by atoms with Crippen LogP contribution in [0, 0.1) is 41.8 Å². The van der Waals surface area contributed by atoms with Crippen molar-refractivity contribution in [1.29, 1.82) is 0 Å². The van der Waals surface area contributed by atoms with E-state index in [1.54, 1.807) is 59.8 Å². The first-order valence-corrected chi connectivity index (χ1v) is 37.8. The Hall–Kier alpha value is -9.61. The van der Waals surface area contributed by atoms with Gasteiger partial charge in [-0.15, -0.1) is 0 Å². The summed E-state index contributed by atoms with van der Waals surface area (Å²) in [6, 6.07) is 59.2. The number of carbonyl (C=O) groups is 2. The molecule has 0 radical (unpaired) electrons. The number of benzene rings is 8. The molecule has 8 aromatic carbocycles. The number of hydrogen-bond acceptors (Lipinski definition) is 12. The van der Waals surface area contributed by atoms with Crippen LogP contribution in [0.3, 0.4) is 0 Å². The van der Waals surface area contributed by atoms with Crippen LogP contribution < -0.4 is 15.4 Å². The molecule has 0 saturated carbocycles. The number of pyridine rings is 2. The maximum Gasteiger partial charge on any atom is 0.253 e. The monoisotopic (exact) mass is 1530 g/mol. The number of rotatable bonds is 33. The first-order chi connectivity index (χ1) is 53.1. The SMILES string of the molecule is CCCN(CCC)C(=O)c1cc(C)cc(C(=O)NC(Cc2cc(F)cc(F)c2)[C@H](O)C2C[C@@H](OCC)CCN2)c1.CCOc1ccnc([C@@H](O)[C@H](Cc2cc(F)cc(F)c2)N(Cc2ccccc2)Cc2ccccc2)c1.O[C@H](c1cc(Cl)ccn1)[C@H](Cc1cc(F)cc(F)c1)N(Cc1ccccc1)Cc1ccccc1. The van der Waals surface area contributed by atoms with Gasteiger partial charge in [-0.1, -0.05) is 147 Å². The van der Waals surface area contributed by atoms with Crippen LogP contribution in [-0.2, 0) is 50.2 Å². The Bertz CT molecular complexity index is 4340. The van der Waals surface area contributed by atoms with E-state index in [1.165, 1.54) is 36.4 Å². The number of nitrogens with one attached hydrogen (secondary N) is 2. The summed E-state index contributed by atoms with van der Waals surface area (Å²) in [7, 11) is 0. The highest BCUT2D eigenvalue weighted by Gasteiger charge is 2.36. The number of halogens is 7. The van der Waals surface area contributed by atoms with E-state index in [0.717, 1.165) is 65.3 Å². The van der Waals surface area contributed by atoms with Crippen molar-refractivity contribution in [3.63, 3.8) is 0 Å². The Morgan fingerprint density at radius 1 is 0.518 bits per heavy atom. The molecule has 0 aliphatic carbocycles. The van der Waals surface area contributed by atoms with Gasteiger partial charge in [0.2, 0.25) is 0 Å².